The summed E-state index contributed by atoms with van der Waals surface area (Å²) in [5.41, 5.74) is 0.847. The van der Waals surface area contributed by atoms with Gasteiger partial charge in [0.15, 0.2) is 0 Å². The second kappa shape index (κ2) is 8.89. The second-order valence-electron chi connectivity index (χ2n) is 6.38. The molecular weight excluding hydrogens is 386 g/mol. The zero-order valence-electron chi connectivity index (χ0n) is 14.9. The molecule has 0 radical (unpaired) electrons. The highest BCUT2D eigenvalue weighted by Gasteiger charge is 2.21. The van der Waals surface area contributed by atoms with Crippen molar-refractivity contribution in [3.63, 3.8) is 0 Å². The Labute approximate surface area is 163 Å². The summed E-state index contributed by atoms with van der Waals surface area (Å²) >= 11 is 0. The van der Waals surface area contributed by atoms with Gasteiger partial charge in [0.1, 0.15) is 5.69 Å². The van der Waals surface area contributed by atoms with E-state index >= 15 is 0 Å². The number of hydrogen-bond donors (Lipinski definition) is 1. The van der Waals surface area contributed by atoms with Gasteiger partial charge in [-0.05, 0) is 36.6 Å². The topological polar surface area (TPSA) is 125 Å². The molecule has 0 amide bonds. The van der Waals surface area contributed by atoms with Gasteiger partial charge in [0.2, 0.25) is 0 Å². The number of nitro benzene ring substituents is 2. The summed E-state index contributed by atoms with van der Waals surface area (Å²) in [6, 6.07) is 10.6. The number of non-ortho nitro benzene ring substituents is 1. The van der Waals surface area contributed by atoms with E-state index in [4.69, 9.17) is 4.74 Å². The van der Waals surface area contributed by atoms with Gasteiger partial charge in [-0.3, -0.25) is 24.4 Å². The largest absolute Gasteiger partial charge is 0.381 e. The summed E-state index contributed by atoms with van der Waals surface area (Å²) in [5, 5.41) is 25.2. The van der Waals surface area contributed by atoms with E-state index in [1.165, 1.54) is 12.1 Å². The number of rotatable bonds is 7. The van der Waals surface area contributed by atoms with E-state index in [-0.39, 0.29) is 22.3 Å². The van der Waals surface area contributed by atoms with Crippen molar-refractivity contribution >= 4 is 33.5 Å². The average Bonchev–Trinajstić information content (AvgIpc) is 2.69. The minimum Gasteiger partial charge on any atom is -0.381 e. The average molecular weight is 405 g/mol. The maximum atomic E-state index is 12.6. The van der Waals surface area contributed by atoms with Crippen LogP contribution in [-0.2, 0) is 21.3 Å². The molecule has 0 spiro atoms. The van der Waals surface area contributed by atoms with Gasteiger partial charge in [-0.25, -0.2) is 0 Å². The van der Waals surface area contributed by atoms with Crippen LogP contribution in [0.5, 0.6) is 0 Å². The Morgan fingerprint density at radius 2 is 1.82 bits per heavy atom. The molecule has 1 heterocycles. The van der Waals surface area contributed by atoms with Crippen LogP contribution in [0.2, 0.25) is 0 Å². The lowest BCUT2D eigenvalue weighted by Crippen LogP contribution is -2.25. The third-order valence-corrected chi connectivity index (χ3v) is 6.28. The van der Waals surface area contributed by atoms with E-state index in [0.717, 1.165) is 24.5 Å². The van der Waals surface area contributed by atoms with Gasteiger partial charge >= 0.3 is 0 Å². The number of hydrogen-bond acceptors (Lipinski definition) is 7. The molecule has 10 heteroatoms. The SMILES string of the molecule is O=[N+]([O-])c1ccc(Nc2cccc(CS(=O)C3CCOCC3)c2)c([N+](=O)[O-])c1. The molecule has 0 saturated carbocycles. The summed E-state index contributed by atoms with van der Waals surface area (Å²) in [6.07, 6.45) is 1.55. The van der Waals surface area contributed by atoms with E-state index < -0.39 is 20.6 Å². The molecule has 1 aliphatic rings. The Bertz CT molecular complexity index is 914. The standard InChI is InChI=1S/C18H19N3O6S/c22-20(23)15-4-5-17(18(11-15)21(24)25)19-14-3-1-2-13(10-14)12-28(26)16-6-8-27-9-7-16/h1-5,10-11,16,19H,6-9,12H2. The van der Waals surface area contributed by atoms with E-state index in [9.17, 15) is 24.4 Å². The smallest absolute Gasteiger partial charge is 0.299 e. The molecule has 0 aromatic heterocycles. The first-order valence-corrected chi connectivity index (χ1v) is 10.1. The van der Waals surface area contributed by atoms with Crippen molar-refractivity contribution in [2.24, 2.45) is 0 Å². The molecule has 1 N–H and O–H groups in total. The molecule has 1 fully saturated rings. The Hall–Kier alpha value is -2.85. The van der Waals surface area contributed by atoms with Crippen molar-refractivity contribution in [3.05, 3.63) is 68.3 Å². The van der Waals surface area contributed by atoms with Gasteiger partial charge in [0.25, 0.3) is 11.4 Å². The minimum absolute atomic E-state index is 0.112. The monoisotopic (exact) mass is 405 g/mol. The fourth-order valence-corrected chi connectivity index (χ4v) is 4.47. The number of nitro groups is 2. The molecule has 0 aliphatic carbocycles. The van der Waals surface area contributed by atoms with Gasteiger partial charge in [-0.15, -0.1) is 0 Å². The maximum Gasteiger partial charge on any atom is 0.299 e. The van der Waals surface area contributed by atoms with Crippen LogP contribution in [0.1, 0.15) is 18.4 Å². The van der Waals surface area contributed by atoms with Crippen LogP contribution in [0, 0.1) is 20.2 Å². The van der Waals surface area contributed by atoms with E-state index in [1.54, 1.807) is 18.2 Å². The van der Waals surface area contributed by atoms with Gasteiger partial charge in [0.05, 0.1) is 15.9 Å². The Kier molecular flexibility index (Phi) is 6.32. The van der Waals surface area contributed by atoms with Gasteiger partial charge in [-0.1, -0.05) is 12.1 Å². The number of nitrogens with one attached hydrogen (secondary N) is 1. The lowest BCUT2D eigenvalue weighted by atomic mass is 10.2. The summed E-state index contributed by atoms with van der Waals surface area (Å²) < 4.78 is 17.9. The van der Waals surface area contributed by atoms with Crippen molar-refractivity contribution in [2.45, 2.75) is 23.8 Å². The van der Waals surface area contributed by atoms with Gasteiger partial charge in [-0.2, -0.15) is 0 Å². The molecule has 1 saturated heterocycles. The molecule has 1 atom stereocenters. The third-order valence-electron chi connectivity index (χ3n) is 4.44. The van der Waals surface area contributed by atoms with Gasteiger partial charge in [0, 0.05) is 46.8 Å². The Balaban J connectivity index is 1.76. The Morgan fingerprint density at radius 1 is 1.07 bits per heavy atom. The van der Waals surface area contributed by atoms with Crippen molar-refractivity contribution < 1.29 is 18.8 Å². The zero-order chi connectivity index (χ0) is 20.1. The van der Waals surface area contributed by atoms with Crippen LogP contribution in [0.15, 0.2) is 42.5 Å². The van der Waals surface area contributed by atoms with Crippen molar-refractivity contribution in [1.29, 1.82) is 0 Å². The molecule has 0 bridgehead atoms. The van der Waals surface area contributed by atoms with Gasteiger partial charge < -0.3 is 10.1 Å². The van der Waals surface area contributed by atoms with E-state index in [1.807, 2.05) is 6.07 Å². The predicted octanol–water partition coefficient (Wildman–Crippen LogP) is 3.67. The molecular formula is C18H19N3O6S. The quantitative estimate of drug-likeness (QED) is 0.550. The molecule has 9 nitrogen and oxygen atoms in total. The molecule has 1 aliphatic heterocycles. The number of benzene rings is 2. The first kappa shape index (κ1) is 19.9. The fraction of sp³-hybridized carbons (Fsp3) is 0.333. The van der Waals surface area contributed by atoms with E-state index in [0.29, 0.717) is 24.7 Å². The van der Waals surface area contributed by atoms with Crippen LogP contribution < -0.4 is 5.32 Å². The lowest BCUT2D eigenvalue weighted by Gasteiger charge is -2.21. The number of nitrogens with zero attached hydrogens (tertiary/aromatic N) is 2. The van der Waals surface area contributed by atoms with Crippen molar-refractivity contribution in [1.82, 2.24) is 0 Å². The lowest BCUT2D eigenvalue weighted by molar-refractivity contribution is -0.393. The summed E-state index contributed by atoms with van der Waals surface area (Å²) in [4.78, 5) is 20.8. The third kappa shape index (κ3) is 4.90. The highest BCUT2D eigenvalue weighted by Crippen LogP contribution is 2.31. The first-order valence-electron chi connectivity index (χ1n) is 8.68. The summed E-state index contributed by atoms with van der Waals surface area (Å²) in [7, 11) is -1.02. The van der Waals surface area contributed by atoms with Crippen LogP contribution in [-0.4, -0.2) is 32.5 Å². The normalized spacial score (nSPS) is 15.7. The Morgan fingerprint density at radius 3 is 2.50 bits per heavy atom. The molecule has 2 aromatic rings. The molecule has 1 unspecified atom stereocenters. The highest BCUT2D eigenvalue weighted by atomic mass is 32.2. The number of anilines is 2. The van der Waals surface area contributed by atoms with Crippen molar-refractivity contribution in [3.8, 4) is 0 Å². The summed E-state index contributed by atoms with van der Waals surface area (Å²) in [5.74, 6) is 0.391. The molecule has 2 aromatic carbocycles. The fourth-order valence-electron chi connectivity index (χ4n) is 3.01. The van der Waals surface area contributed by atoms with E-state index in [2.05, 4.69) is 5.32 Å². The molecule has 28 heavy (non-hydrogen) atoms. The minimum atomic E-state index is -1.02. The van der Waals surface area contributed by atoms with Crippen LogP contribution in [0.3, 0.4) is 0 Å². The number of ether oxygens (including phenoxy) is 1. The van der Waals surface area contributed by atoms with Crippen LogP contribution >= 0.6 is 0 Å². The zero-order valence-corrected chi connectivity index (χ0v) is 15.7. The highest BCUT2D eigenvalue weighted by molar-refractivity contribution is 7.84. The van der Waals surface area contributed by atoms with Crippen molar-refractivity contribution in [2.75, 3.05) is 18.5 Å². The molecule has 148 valence electrons. The van der Waals surface area contributed by atoms with Crippen LogP contribution in [0.4, 0.5) is 22.7 Å². The summed E-state index contributed by atoms with van der Waals surface area (Å²) in [6.45, 7) is 1.25. The maximum absolute atomic E-state index is 12.6. The first-order chi connectivity index (χ1) is 13.4. The molecule has 3 rings (SSSR count). The predicted molar refractivity (Wildman–Crippen MR) is 105 cm³/mol. The second-order valence-corrected chi connectivity index (χ2v) is 8.09. The van der Waals surface area contributed by atoms with Crippen LogP contribution in [0.25, 0.3) is 0 Å².